The predicted molar refractivity (Wildman–Crippen MR) is 131 cm³/mol. The highest BCUT2D eigenvalue weighted by Gasteiger charge is 2.47. The maximum Gasteiger partial charge on any atom is 0.417 e. The van der Waals surface area contributed by atoms with E-state index in [0.717, 1.165) is 17.8 Å². The molecule has 38 heavy (non-hydrogen) atoms. The zero-order chi connectivity index (χ0) is 27.2. The Labute approximate surface area is 218 Å². The van der Waals surface area contributed by atoms with Crippen LogP contribution in [0.25, 0.3) is 0 Å². The lowest BCUT2D eigenvalue weighted by Crippen LogP contribution is -2.49. The van der Waals surface area contributed by atoms with Crippen molar-refractivity contribution in [2.24, 2.45) is 5.41 Å². The number of rotatable bonds is 5. The van der Waals surface area contributed by atoms with Crippen LogP contribution in [0.3, 0.4) is 0 Å². The number of nitrogens with zero attached hydrogens (tertiary/aromatic N) is 4. The Morgan fingerprint density at radius 1 is 1.18 bits per heavy atom. The Balaban J connectivity index is 1.32. The van der Waals surface area contributed by atoms with Crippen molar-refractivity contribution < 1.29 is 32.3 Å². The summed E-state index contributed by atoms with van der Waals surface area (Å²) >= 11 is 0. The fourth-order valence-corrected chi connectivity index (χ4v) is 5.75. The van der Waals surface area contributed by atoms with Crippen molar-refractivity contribution >= 4 is 23.3 Å². The number of hydrogen-bond donors (Lipinski definition) is 0. The second-order valence-corrected chi connectivity index (χ2v) is 10.4. The van der Waals surface area contributed by atoms with E-state index in [1.165, 1.54) is 12.0 Å². The van der Waals surface area contributed by atoms with E-state index in [0.29, 0.717) is 61.5 Å². The van der Waals surface area contributed by atoms with Crippen LogP contribution < -0.4 is 4.90 Å². The van der Waals surface area contributed by atoms with E-state index >= 15 is 0 Å². The minimum absolute atomic E-state index is 0.0791. The summed E-state index contributed by atoms with van der Waals surface area (Å²) in [5.41, 5.74) is 1.39. The average molecular weight is 531 g/mol. The summed E-state index contributed by atoms with van der Waals surface area (Å²) in [6.45, 7) is 2.23. The number of methoxy groups -OCH3 is 1. The van der Waals surface area contributed by atoms with Crippen molar-refractivity contribution in [1.29, 1.82) is 0 Å². The number of Topliss-reactive ketones (excluding diaryl/α,β-unsaturated/α-hetero) is 1. The minimum Gasteiger partial charge on any atom is -0.384 e. The smallest absolute Gasteiger partial charge is 0.384 e. The number of fused-ring (bicyclic) bond motifs is 2. The molecule has 4 heterocycles. The molecule has 1 aromatic carbocycles. The Kier molecular flexibility index (Phi) is 6.77. The molecule has 1 fully saturated rings. The standard InChI is InChI=1S/C27H29F3N4O4/c1-32-22-9-17(3-4-20(22)23(35)11-24(32)36)13-33-8-6-26(15-33,16-38-2)25(37)34-7-5-21-18(14-34)10-19(12-31-21)27(28,29)30/h3-4,9-10,12H,5-8,11,13-16H2,1-2H3/t26-/m1/s1. The number of pyridine rings is 1. The highest BCUT2D eigenvalue weighted by molar-refractivity contribution is 6.19. The summed E-state index contributed by atoms with van der Waals surface area (Å²) in [5.74, 6) is -0.571. The van der Waals surface area contributed by atoms with E-state index in [2.05, 4.69) is 9.88 Å². The summed E-state index contributed by atoms with van der Waals surface area (Å²) in [4.78, 5) is 47.4. The average Bonchev–Trinajstić information content (AvgIpc) is 3.29. The highest BCUT2D eigenvalue weighted by Crippen LogP contribution is 2.37. The number of amides is 2. The van der Waals surface area contributed by atoms with Crippen molar-refractivity contribution in [3.63, 3.8) is 0 Å². The minimum atomic E-state index is -4.50. The number of halogens is 3. The number of carbonyl (C=O) groups excluding carboxylic acids is 3. The molecule has 0 saturated carbocycles. The van der Waals surface area contributed by atoms with Crippen LogP contribution in [0.1, 0.15) is 45.6 Å². The van der Waals surface area contributed by atoms with Gasteiger partial charge in [-0.05, 0) is 42.3 Å². The summed E-state index contributed by atoms with van der Waals surface area (Å²) in [6.07, 6.45) is -2.84. The number of ether oxygens (including phenoxy) is 1. The third-order valence-corrected chi connectivity index (χ3v) is 7.78. The van der Waals surface area contributed by atoms with E-state index in [9.17, 15) is 27.6 Å². The van der Waals surface area contributed by atoms with Crippen molar-refractivity contribution in [3.05, 3.63) is 58.4 Å². The van der Waals surface area contributed by atoms with Crippen LogP contribution in [0, 0.1) is 5.41 Å². The number of ketones is 1. The molecule has 2 amide bonds. The highest BCUT2D eigenvalue weighted by atomic mass is 19.4. The molecule has 0 N–H and O–H groups in total. The Morgan fingerprint density at radius 2 is 1.97 bits per heavy atom. The number of aromatic nitrogens is 1. The van der Waals surface area contributed by atoms with Gasteiger partial charge in [-0.25, -0.2) is 0 Å². The number of carbonyl (C=O) groups is 3. The fourth-order valence-electron chi connectivity index (χ4n) is 5.75. The molecule has 0 unspecified atom stereocenters. The van der Waals surface area contributed by atoms with Crippen LogP contribution >= 0.6 is 0 Å². The van der Waals surface area contributed by atoms with Gasteiger partial charge in [-0.2, -0.15) is 13.2 Å². The fraction of sp³-hybridized carbons (Fsp3) is 0.481. The third-order valence-electron chi connectivity index (χ3n) is 7.78. The lowest BCUT2D eigenvalue weighted by molar-refractivity contribution is -0.145. The van der Waals surface area contributed by atoms with Gasteiger partial charge in [0.1, 0.15) is 0 Å². The van der Waals surface area contributed by atoms with E-state index in [4.69, 9.17) is 4.74 Å². The van der Waals surface area contributed by atoms with Gasteiger partial charge in [-0.15, -0.1) is 0 Å². The Hall–Kier alpha value is -3.31. The second kappa shape index (κ2) is 9.77. The Morgan fingerprint density at radius 3 is 2.71 bits per heavy atom. The normalized spacial score (nSPS) is 22.0. The SMILES string of the molecule is COC[C@@]1(C(=O)N2CCc3ncc(C(F)(F)F)cc3C2)CCN(Cc2ccc3c(c2)N(C)C(=O)CC3=O)C1. The first-order chi connectivity index (χ1) is 18.0. The predicted octanol–water partition coefficient (Wildman–Crippen LogP) is 3.07. The molecule has 1 saturated heterocycles. The van der Waals surface area contributed by atoms with Crippen molar-refractivity contribution in [2.45, 2.75) is 38.5 Å². The molecule has 0 spiro atoms. The monoisotopic (exact) mass is 530 g/mol. The molecule has 1 atom stereocenters. The number of benzene rings is 1. The molecular formula is C27H29F3N4O4. The molecule has 0 aliphatic carbocycles. The van der Waals surface area contributed by atoms with E-state index in [-0.39, 0.29) is 37.2 Å². The van der Waals surface area contributed by atoms with Crippen LogP contribution in [0.15, 0.2) is 30.5 Å². The molecule has 8 nitrogen and oxygen atoms in total. The number of hydrogen-bond acceptors (Lipinski definition) is 6. The Bertz CT molecular complexity index is 1300. The molecule has 3 aliphatic rings. The van der Waals surface area contributed by atoms with Crippen molar-refractivity contribution in [3.8, 4) is 0 Å². The van der Waals surface area contributed by atoms with Crippen LogP contribution in [0.5, 0.6) is 0 Å². The van der Waals surface area contributed by atoms with E-state index in [1.807, 2.05) is 12.1 Å². The molecule has 202 valence electrons. The van der Waals surface area contributed by atoms with Gasteiger partial charge in [-0.1, -0.05) is 6.07 Å². The summed E-state index contributed by atoms with van der Waals surface area (Å²) < 4.78 is 45.1. The third kappa shape index (κ3) is 4.80. The zero-order valence-corrected chi connectivity index (χ0v) is 21.3. The zero-order valence-electron chi connectivity index (χ0n) is 21.3. The van der Waals surface area contributed by atoms with Crippen molar-refractivity contribution in [1.82, 2.24) is 14.8 Å². The van der Waals surface area contributed by atoms with Gasteiger partial charge in [0.05, 0.1) is 29.7 Å². The second-order valence-electron chi connectivity index (χ2n) is 10.4. The molecular weight excluding hydrogens is 501 g/mol. The number of likely N-dealkylation sites (tertiary alicyclic amines) is 1. The molecule has 5 rings (SSSR count). The first-order valence-electron chi connectivity index (χ1n) is 12.5. The first-order valence-corrected chi connectivity index (χ1v) is 12.5. The molecule has 0 bridgehead atoms. The van der Waals surface area contributed by atoms with Gasteiger partial charge in [0, 0.05) is 64.2 Å². The van der Waals surface area contributed by atoms with Crippen LogP contribution in [0.2, 0.25) is 0 Å². The first kappa shape index (κ1) is 26.3. The summed E-state index contributed by atoms with van der Waals surface area (Å²) in [5, 5.41) is 0. The molecule has 0 radical (unpaired) electrons. The lowest BCUT2D eigenvalue weighted by Gasteiger charge is -2.36. The maximum atomic E-state index is 13.8. The molecule has 3 aliphatic heterocycles. The van der Waals surface area contributed by atoms with Crippen molar-refractivity contribution in [2.75, 3.05) is 45.3 Å². The van der Waals surface area contributed by atoms with Crippen LogP contribution in [0.4, 0.5) is 18.9 Å². The maximum absolute atomic E-state index is 13.8. The van der Waals surface area contributed by atoms with Crippen LogP contribution in [-0.2, 0) is 40.0 Å². The largest absolute Gasteiger partial charge is 0.417 e. The summed E-state index contributed by atoms with van der Waals surface area (Å²) in [7, 11) is 3.19. The van der Waals surface area contributed by atoms with Gasteiger partial charge < -0.3 is 14.5 Å². The van der Waals surface area contributed by atoms with Gasteiger partial charge in [0.25, 0.3) is 0 Å². The number of alkyl halides is 3. The molecule has 11 heteroatoms. The lowest BCUT2D eigenvalue weighted by atomic mass is 9.85. The quantitative estimate of drug-likeness (QED) is 0.553. The summed E-state index contributed by atoms with van der Waals surface area (Å²) in [6, 6.07) is 6.54. The van der Waals surface area contributed by atoms with Gasteiger partial charge in [-0.3, -0.25) is 24.3 Å². The van der Waals surface area contributed by atoms with E-state index in [1.54, 1.807) is 18.0 Å². The van der Waals surface area contributed by atoms with Gasteiger partial charge in [0.15, 0.2) is 5.78 Å². The molecule has 1 aromatic heterocycles. The van der Waals surface area contributed by atoms with Gasteiger partial charge >= 0.3 is 6.18 Å². The van der Waals surface area contributed by atoms with E-state index < -0.39 is 17.2 Å². The van der Waals surface area contributed by atoms with Gasteiger partial charge in [0.2, 0.25) is 11.8 Å². The van der Waals surface area contributed by atoms with Crippen LogP contribution in [-0.4, -0.2) is 72.8 Å². The number of anilines is 1. The topological polar surface area (TPSA) is 83.1 Å². The molecule has 2 aromatic rings.